The van der Waals surface area contributed by atoms with Gasteiger partial charge in [0.1, 0.15) is 0 Å². The van der Waals surface area contributed by atoms with Crippen molar-refractivity contribution in [1.82, 2.24) is 20.4 Å². The number of hydrogen-bond acceptors (Lipinski definition) is 3. The number of nitrogens with zero attached hydrogens (tertiary/aromatic N) is 3. The lowest BCUT2D eigenvalue weighted by molar-refractivity contribution is -0.127. The maximum Gasteiger partial charge on any atom is 0.222 e. The van der Waals surface area contributed by atoms with E-state index in [0.717, 1.165) is 57.9 Å². The summed E-state index contributed by atoms with van der Waals surface area (Å²) in [6, 6.07) is 0. The fraction of sp³-hybridized carbons (Fsp3) is 0.875. The molecule has 0 aromatic heterocycles. The molecule has 0 aliphatic carbocycles. The zero-order valence-corrected chi connectivity index (χ0v) is 14.9. The molecule has 6 heteroatoms. The molecule has 1 aliphatic heterocycles. The second kappa shape index (κ2) is 8.98. The van der Waals surface area contributed by atoms with E-state index >= 15 is 0 Å². The van der Waals surface area contributed by atoms with Gasteiger partial charge >= 0.3 is 0 Å². The molecule has 0 radical (unpaired) electrons. The van der Waals surface area contributed by atoms with Crippen LogP contribution in [0.1, 0.15) is 40.0 Å². The standard InChI is InChI=1S/C16H33N5O/c1-6-17-15(19-13-16(2,3)20(4)5)18-10-8-12-21-11-7-9-14(21)22/h6-13H2,1-5H3,(H2,17,18,19). The summed E-state index contributed by atoms with van der Waals surface area (Å²) >= 11 is 0. The number of nitrogens with one attached hydrogen (secondary N) is 2. The summed E-state index contributed by atoms with van der Waals surface area (Å²) in [6.45, 7) is 10.6. The second-order valence-electron chi connectivity index (χ2n) is 6.67. The second-order valence-corrected chi connectivity index (χ2v) is 6.67. The van der Waals surface area contributed by atoms with Gasteiger partial charge in [0.25, 0.3) is 0 Å². The maximum atomic E-state index is 11.5. The molecule has 0 saturated carbocycles. The minimum atomic E-state index is 0.0321. The third-order valence-corrected chi connectivity index (χ3v) is 4.25. The molecule has 1 aliphatic rings. The molecule has 22 heavy (non-hydrogen) atoms. The molecular weight excluding hydrogens is 278 g/mol. The minimum absolute atomic E-state index is 0.0321. The van der Waals surface area contributed by atoms with E-state index in [1.807, 2.05) is 4.90 Å². The Morgan fingerprint density at radius 3 is 2.64 bits per heavy atom. The number of amides is 1. The van der Waals surface area contributed by atoms with E-state index in [1.165, 1.54) is 0 Å². The van der Waals surface area contributed by atoms with Crippen molar-refractivity contribution < 1.29 is 4.79 Å². The van der Waals surface area contributed by atoms with Crippen LogP contribution in [-0.2, 0) is 4.79 Å². The van der Waals surface area contributed by atoms with Gasteiger partial charge in [-0.3, -0.25) is 9.79 Å². The van der Waals surface area contributed by atoms with Crippen molar-refractivity contribution in [1.29, 1.82) is 0 Å². The predicted octanol–water partition coefficient (Wildman–Crippen LogP) is 0.894. The normalized spacial score (nSPS) is 16.5. The van der Waals surface area contributed by atoms with Crippen molar-refractivity contribution in [3.05, 3.63) is 0 Å². The Bertz CT molecular complexity index is 379. The van der Waals surface area contributed by atoms with Crippen molar-refractivity contribution in [3.8, 4) is 0 Å². The number of rotatable bonds is 8. The molecule has 0 aromatic carbocycles. The van der Waals surface area contributed by atoms with E-state index in [0.29, 0.717) is 5.91 Å². The van der Waals surface area contributed by atoms with Gasteiger partial charge in [-0.05, 0) is 47.7 Å². The van der Waals surface area contributed by atoms with Crippen LogP contribution in [0.4, 0.5) is 0 Å². The molecule has 128 valence electrons. The number of likely N-dealkylation sites (N-methyl/N-ethyl adjacent to an activating group) is 1. The predicted molar refractivity (Wildman–Crippen MR) is 92.2 cm³/mol. The Labute approximate surface area is 135 Å². The summed E-state index contributed by atoms with van der Waals surface area (Å²) in [6.07, 6.45) is 2.68. The Balaban J connectivity index is 2.35. The van der Waals surface area contributed by atoms with Crippen LogP contribution in [0.15, 0.2) is 4.99 Å². The number of hydrogen-bond donors (Lipinski definition) is 2. The topological polar surface area (TPSA) is 60.0 Å². The number of likely N-dealkylation sites (tertiary alicyclic amines) is 1. The Morgan fingerprint density at radius 2 is 2.09 bits per heavy atom. The van der Waals surface area contributed by atoms with Crippen molar-refractivity contribution in [2.75, 3.05) is 46.8 Å². The minimum Gasteiger partial charge on any atom is -0.357 e. The van der Waals surface area contributed by atoms with Gasteiger partial charge in [0.15, 0.2) is 5.96 Å². The van der Waals surface area contributed by atoms with Crippen molar-refractivity contribution in [3.63, 3.8) is 0 Å². The molecular formula is C16H33N5O. The monoisotopic (exact) mass is 311 g/mol. The summed E-state index contributed by atoms with van der Waals surface area (Å²) < 4.78 is 0. The number of aliphatic imine (C=N–C) groups is 1. The van der Waals surface area contributed by atoms with Crippen LogP contribution >= 0.6 is 0 Å². The fourth-order valence-corrected chi connectivity index (χ4v) is 2.17. The first-order chi connectivity index (χ1) is 10.4. The van der Waals surface area contributed by atoms with E-state index < -0.39 is 0 Å². The summed E-state index contributed by atoms with van der Waals surface area (Å²) in [7, 11) is 4.14. The van der Waals surface area contributed by atoms with Crippen molar-refractivity contribution in [2.45, 2.75) is 45.6 Å². The van der Waals surface area contributed by atoms with Crippen LogP contribution in [0.2, 0.25) is 0 Å². The molecule has 1 fully saturated rings. The highest BCUT2D eigenvalue weighted by Gasteiger charge is 2.20. The molecule has 0 unspecified atom stereocenters. The third kappa shape index (κ3) is 6.22. The maximum absolute atomic E-state index is 11.5. The molecule has 1 saturated heterocycles. The van der Waals surface area contributed by atoms with Crippen LogP contribution < -0.4 is 10.6 Å². The smallest absolute Gasteiger partial charge is 0.222 e. The lowest BCUT2D eigenvalue weighted by atomic mass is 10.1. The first kappa shape index (κ1) is 18.7. The number of carbonyl (C=O) groups is 1. The van der Waals surface area contributed by atoms with Crippen molar-refractivity contribution >= 4 is 11.9 Å². The molecule has 2 N–H and O–H groups in total. The van der Waals surface area contributed by atoms with Gasteiger partial charge in [-0.2, -0.15) is 0 Å². The van der Waals surface area contributed by atoms with Crippen LogP contribution in [0.5, 0.6) is 0 Å². The average molecular weight is 311 g/mol. The van der Waals surface area contributed by atoms with Gasteiger partial charge in [-0.1, -0.05) is 0 Å². The largest absolute Gasteiger partial charge is 0.357 e. The molecule has 0 aromatic rings. The van der Waals surface area contributed by atoms with Gasteiger partial charge in [0.2, 0.25) is 5.91 Å². The first-order valence-electron chi connectivity index (χ1n) is 8.34. The molecule has 1 amide bonds. The number of guanidine groups is 1. The number of carbonyl (C=O) groups excluding carboxylic acids is 1. The summed E-state index contributed by atoms with van der Waals surface area (Å²) in [4.78, 5) is 20.3. The average Bonchev–Trinajstić information content (AvgIpc) is 2.86. The summed E-state index contributed by atoms with van der Waals surface area (Å²) in [5.41, 5.74) is 0.0321. The fourth-order valence-electron chi connectivity index (χ4n) is 2.17. The van der Waals surface area contributed by atoms with E-state index in [-0.39, 0.29) is 5.54 Å². The zero-order chi connectivity index (χ0) is 16.6. The van der Waals surface area contributed by atoms with Crippen LogP contribution in [0.3, 0.4) is 0 Å². The zero-order valence-electron chi connectivity index (χ0n) is 14.9. The highest BCUT2D eigenvalue weighted by molar-refractivity contribution is 5.80. The molecule has 0 atom stereocenters. The van der Waals surface area contributed by atoms with Crippen LogP contribution in [-0.4, -0.2) is 74.0 Å². The molecule has 1 heterocycles. The third-order valence-electron chi connectivity index (χ3n) is 4.25. The van der Waals surface area contributed by atoms with Crippen LogP contribution in [0, 0.1) is 0 Å². The SMILES string of the molecule is CCNC(=NCC(C)(C)N(C)C)NCCCN1CCCC1=O. The van der Waals surface area contributed by atoms with Gasteiger partial charge in [-0.25, -0.2) is 0 Å². The Hall–Kier alpha value is -1.30. The van der Waals surface area contributed by atoms with E-state index in [1.54, 1.807) is 0 Å². The highest BCUT2D eigenvalue weighted by Crippen LogP contribution is 2.10. The quantitative estimate of drug-likeness (QED) is 0.397. The first-order valence-corrected chi connectivity index (χ1v) is 8.34. The molecule has 0 spiro atoms. The lowest BCUT2D eigenvalue weighted by Gasteiger charge is -2.31. The molecule has 1 rings (SSSR count). The molecule has 0 bridgehead atoms. The summed E-state index contributed by atoms with van der Waals surface area (Å²) in [5.74, 6) is 1.15. The molecule has 6 nitrogen and oxygen atoms in total. The van der Waals surface area contributed by atoms with Gasteiger partial charge < -0.3 is 20.4 Å². The Kier molecular flexibility index (Phi) is 7.65. The van der Waals surface area contributed by atoms with E-state index in [4.69, 9.17) is 0 Å². The lowest BCUT2D eigenvalue weighted by Crippen LogP contribution is -2.44. The van der Waals surface area contributed by atoms with Crippen molar-refractivity contribution in [2.24, 2.45) is 4.99 Å². The van der Waals surface area contributed by atoms with E-state index in [2.05, 4.69) is 55.4 Å². The summed E-state index contributed by atoms with van der Waals surface area (Å²) in [5, 5.41) is 6.62. The van der Waals surface area contributed by atoms with Gasteiger partial charge in [-0.15, -0.1) is 0 Å². The van der Waals surface area contributed by atoms with Gasteiger partial charge in [0, 0.05) is 38.1 Å². The van der Waals surface area contributed by atoms with E-state index in [9.17, 15) is 4.79 Å². The van der Waals surface area contributed by atoms with Gasteiger partial charge in [0.05, 0.1) is 6.54 Å². The highest BCUT2D eigenvalue weighted by atomic mass is 16.2. The Morgan fingerprint density at radius 1 is 1.36 bits per heavy atom. The van der Waals surface area contributed by atoms with Crippen LogP contribution in [0.25, 0.3) is 0 Å².